The molecule has 5 heteroatoms. The molecule has 0 heterocycles. The van der Waals surface area contributed by atoms with E-state index in [0.29, 0.717) is 29.9 Å². The number of nitrogens with zero attached hydrogens (tertiary/aromatic N) is 1. The molecule has 2 saturated carbocycles. The molecule has 0 radical (unpaired) electrons. The van der Waals surface area contributed by atoms with E-state index in [0.717, 1.165) is 12.8 Å². The number of hydrogen-bond acceptors (Lipinski definition) is 3. The first-order chi connectivity index (χ1) is 12.1. The summed E-state index contributed by atoms with van der Waals surface area (Å²) in [5.74, 6) is -0.0827. The predicted octanol–water partition coefficient (Wildman–Crippen LogP) is 3.17. The lowest BCUT2D eigenvalue weighted by molar-refractivity contribution is -0.117. The minimum absolute atomic E-state index is 0.0218. The van der Waals surface area contributed by atoms with E-state index < -0.39 is 0 Å². The highest BCUT2D eigenvalue weighted by Gasteiger charge is 2.24. The molecule has 3 rings (SSSR count). The summed E-state index contributed by atoms with van der Waals surface area (Å²) in [6.45, 7) is 0.392. The van der Waals surface area contributed by atoms with Gasteiger partial charge in [0, 0.05) is 23.3 Å². The van der Waals surface area contributed by atoms with Gasteiger partial charge in [0.25, 0.3) is 5.91 Å². The number of anilines is 1. The first kappa shape index (κ1) is 17.9. The second-order valence-corrected chi connectivity index (χ2v) is 7.44. The van der Waals surface area contributed by atoms with Gasteiger partial charge in [0.1, 0.15) is 0 Å². The van der Waals surface area contributed by atoms with Crippen LogP contribution in [-0.2, 0) is 4.79 Å². The fourth-order valence-corrected chi connectivity index (χ4v) is 3.49. The molecular formula is C20H29N3O2. The van der Waals surface area contributed by atoms with Crippen molar-refractivity contribution in [3.8, 4) is 0 Å². The van der Waals surface area contributed by atoms with Crippen molar-refractivity contribution in [3.63, 3.8) is 0 Å². The molecule has 2 aliphatic rings. The molecule has 0 atom stereocenters. The third-order valence-corrected chi connectivity index (χ3v) is 5.16. The molecular weight excluding hydrogens is 314 g/mol. The van der Waals surface area contributed by atoms with Gasteiger partial charge in [-0.2, -0.15) is 0 Å². The van der Waals surface area contributed by atoms with Gasteiger partial charge >= 0.3 is 0 Å². The largest absolute Gasteiger partial charge is 0.349 e. The fourth-order valence-electron chi connectivity index (χ4n) is 3.49. The summed E-state index contributed by atoms with van der Waals surface area (Å²) in [7, 11) is 2.04. The van der Waals surface area contributed by atoms with Crippen molar-refractivity contribution >= 4 is 17.5 Å². The maximum Gasteiger partial charge on any atom is 0.251 e. The first-order valence-electron chi connectivity index (χ1n) is 9.53. The van der Waals surface area contributed by atoms with Crippen molar-refractivity contribution in [2.24, 2.45) is 0 Å². The van der Waals surface area contributed by atoms with E-state index in [2.05, 4.69) is 15.5 Å². The number of carbonyl (C=O) groups is 2. The average Bonchev–Trinajstić information content (AvgIpc) is 3.41. The van der Waals surface area contributed by atoms with Crippen LogP contribution >= 0.6 is 0 Å². The Morgan fingerprint density at radius 1 is 1.08 bits per heavy atom. The van der Waals surface area contributed by atoms with Crippen LogP contribution in [0.1, 0.15) is 61.7 Å². The number of likely N-dealkylation sites (N-methyl/N-ethyl adjacent to an activating group) is 1. The van der Waals surface area contributed by atoms with Gasteiger partial charge in [0.2, 0.25) is 5.91 Å². The van der Waals surface area contributed by atoms with Crippen molar-refractivity contribution in [3.05, 3.63) is 29.8 Å². The Bertz CT molecular complexity index is 605. The summed E-state index contributed by atoms with van der Waals surface area (Å²) < 4.78 is 0. The van der Waals surface area contributed by atoms with Crippen molar-refractivity contribution in [2.45, 2.75) is 63.5 Å². The Balaban J connectivity index is 1.52. The van der Waals surface area contributed by atoms with Crippen LogP contribution in [0.5, 0.6) is 0 Å². The van der Waals surface area contributed by atoms with E-state index in [1.807, 2.05) is 19.2 Å². The monoisotopic (exact) mass is 343 g/mol. The highest BCUT2D eigenvalue weighted by molar-refractivity contribution is 5.97. The van der Waals surface area contributed by atoms with Crippen molar-refractivity contribution in [1.29, 1.82) is 0 Å². The second-order valence-electron chi connectivity index (χ2n) is 7.44. The van der Waals surface area contributed by atoms with Gasteiger partial charge in [-0.05, 0) is 50.9 Å². The van der Waals surface area contributed by atoms with E-state index in [4.69, 9.17) is 0 Å². The van der Waals surface area contributed by atoms with E-state index in [9.17, 15) is 9.59 Å². The van der Waals surface area contributed by atoms with Crippen LogP contribution in [0.2, 0.25) is 0 Å². The lowest BCUT2D eigenvalue weighted by Gasteiger charge is -2.26. The molecule has 0 aromatic heterocycles. The molecule has 25 heavy (non-hydrogen) atoms. The lowest BCUT2D eigenvalue weighted by atomic mass is 10.1. The number of rotatable bonds is 6. The molecule has 1 aromatic carbocycles. The summed E-state index contributed by atoms with van der Waals surface area (Å²) in [6, 6.07) is 8.01. The maximum atomic E-state index is 12.4. The highest BCUT2D eigenvalue weighted by Crippen LogP contribution is 2.21. The summed E-state index contributed by atoms with van der Waals surface area (Å²) in [6.07, 6.45) is 9.63. The van der Waals surface area contributed by atoms with Crippen LogP contribution in [-0.4, -0.2) is 42.4 Å². The van der Waals surface area contributed by atoms with Gasteiger partial charge in [-0.3, -0.25) is 14.5 Å². The summed E-state index contributed by atoms with van der Waals surface area (Å²) in [5, 5.41) is 5.90. The van der Waals surface area contributed by atoms with Crippen molar-refractivity contribution in [1.82, 2.24) is 10.2 Å². The predicted molar refractivity (Wildman–Crippen MR) is 99.7 cm³/mol. The second kappa shape index (κ2) is 8.48. The Labute approximate surface area is 150 Å². The molecule has 0 bridgehead atoms. The minimum Gasteiger partial charge on any atom is -0.349 e. The summed E-state index contributed by atoms with van der Waals surface area (Å²) >= 11 is 0. The normalized spacial score (nSPS) is 18.6. The summed E-state index contributed by atoms with van der Waals surface area (Å²) in [4.78, 5) is 26.7. The Morgan fingerprint density at radius 2 is 1.80 bits per heavy atom. The molecule has 5 nitrogen and oxygen atoms in total. The number of carbonyl (C=O) groups excluding carboxylic acids is 2. The van der Waals surface area contributed by atoms with Crippen LogP contribution in [0, 0.1) is 0 Å². The third kappa shape index (κ3) is 5.56. The standard InChI is InChI=1S/C20H29N3O2/c1-23(18-9-4-2-3-5-10-18)14-19(24)21-17-8-6-7-15(13-17)20(25)22-16-11-12-16/h6-8,13,16,18H,2-5,9-12,14H2,1H3,(H,21,24)(H,22,25). The van der Waals surface area contributed by atoms with Crippen LogP contribution < -0.4 is 10.6 Å². The zero-order valence-electron chi connectivity index (χ0n) is 15.1. The molecule has 0 aliphatic heterocycles. The number of benzene rings is 1. The fraction of sp³-hybridized carbons (Fsp3) is 0.600. The van der Waals surface area contributed by atoms with Crippen molar-refractivity contribution < 1.29 is 9.59 Å². The van der Waals surface area contributed by atoms with Crippen LogP contribution in [0.3, 0.4) is 0 Å². The van der Waals surface area contributed by atoms with Gasteiger partial charge in [-0.25, -0.2) is 0 Å². The molecule has 2 aliphatic carbocycles. The van der Waals surface area contributed by atoms with Gasteiger partial charge in [-0.15, -0.1) is 0 Å². The van der Waals surface area contributed by atoms with Gasteiger partial charge < -0.3 is 10.6 Å². The Kier molecular flexibility index (Phi) is 6.08. The summed E-state index contributed by atoms with van der Waals surface area (Å²) in [5.41, 5.74) is 1.28. The number of amides is 2. The molecule has 2 N–H and O–H groups in total. The van der Waals surface area contributed by atoms with E-state index in [-0.39, 0.29) is 11.8 Å². The SMILES string of the molecule is CN(CC(=O)Nc1cccc(C(=O)NC2CC2)c1)C1CCCCCC1. The molecule has 0 unspecified atom stereocenters. The van der Waals surface area contributed by atoms with E-state index in [1.54, 1.807) is 12.1 Å². The number of nitrogens with one attached hydrogen (secondary N) is 2. The minimum atomic E-state index is -0.0610. The Hall–Kier alpha value is -1.88. The molecule has 2 fully saturated rings. The van der Waals surface area contributed by atoms with Gasteiger partial charge in [0.15, 0.2) is 0 Å². The molecule has 0 spiro atoms. The van der Waals surface area contributed by atoms with Crippen LogP contribution in [0.4, 0.5) is 5.69 Å². The quantitative estimate of drug-likeness (QED) is 0.780. The number of hydrogen-bond donors (Lipinski definition) is 2. The molecule has 136 valence electrons. The first-order valence-corrected chi connectivity index (χ1v) is 9.53. The Morgan fingerprint density at radius 3 is 2.48 bits per heavy atom. The van der Waals surface area contributed by atoms with Gasteiger partial charge in [-0.1, -0.05) is 31.7 Å². The topological polar surface area (TPSA) is 61.4 Å². The lowest BCUT2D eigenvalue weighted by Crippen LogP contribution is -2.37. The zero-order valence-corrected chi connectivity index (χ0v) is 15.1. The van der Waals surface area contributed by atoms with Crippen molar-refractivity contribution in [2.75, 3.05) is 18.9 Å². The third-order valence-electron chi connectivity index (χ3n) is 5.16. The average molecular weight is 343 g/mol. The molecule has 0 saturated heterocycles. The maximum absolute atomic E-state index is 12.4. The van der Waals surface area contributed by atoms with Crippen LogP contribution in [0.15, 0.2) is 24.3 Å². The van der Waals surface area contributed by atoms with E-state index >= 15 is 0 Å². The highest BCUT2D eigenvalue weighted by atomic mass is 16.2. The van der Waals surface area contributed by atoms with E-state index in [1.165, 1.54) is 38.5 Å². The zero-order chi connectivity index (χ0) is 17.6. The van der Waals surface area contributed by atoms with Crippen LogP contribution in [0.25, 0.3) is 0 Å². The molecule has 2 amide bonds. The molecule has 1 aromatic rings. The smallest absolute Gasteiger partial charge is 0.251 e. The van der Waals surface area contributed by atoms with Gasteiger partial charge in [0.05, 0.1) is 6.54 Å².